The summed E-state index contributed by atoms with van der Waals surface area (Å²) < 4.78 is 5.33. The van der Waals surface area contributed by atoms with Crippen molar-refractivity contribution < 1.29 is 4.74 Å². The molecular weight excluding hydrogens is 283 g/mol. The third-order valence-corrected chi connectivity index (χ3v) is 4.06. The van der Waals surface area contributed by atoms with Crippen molar-refractivity contribution in [3.63, 3.8) is 0 Å². The first-order valence-corrected chi connectivity index (χ1v) is 7.11. The second-order valence-corrected chi connectivity index (χ2v) is 5.60. The number of benzene rings is 1. The van der Waals surface area contributed by atoms with E-state index >= 15 is 0 Å². The van der Waals surface area contributed by atoms with Gasteiger partial charge in [-0.05, 0) is 36.5 Å². The first-order valence-electron chi connectivity index (χ1n) is 6.35. The largest absolute Gasteiger partial charge is 0.381 e. The Morgan fingerprint density at radius 3 is 2.63 bits per heavy atom. The van der Waals surface area contributed by atoms with E-state index in [1.54, 1.807) is 11.0 Å². The molecule has 5 heteroatoms. The highest BCUT2D eigenvalue weighted by atomic mass is 35.5. The molecule has 1 aromatic rings. The summed E-state index contributed by atoms with van der Waals surface area (Å²) in [6.07, 6.45) is 4.30. The van der Waals surface area contributed by atoms with E-state index in [9.17, 15) is 5.26 Å². The van der Waals surface area contributed by atoms with Crippen LogP contribution in [0.4, 0.5) is 0 Å². The van der Waals surface area contributed by atoms with E-state index < -0.39 is 0 Å². The van der Waals surface area contributed by atoms with Gasteiger partial charge in [0.1, 0.15) is 0 Å². The van der Waals surface area contributed by atoms with Crippen LogP contribution in [0.1, 0.15) is 18.4 Å². The Kier molecular flexibility index (Phi) is 5.33. The van der Waals surface area contributed by atoms with Crippen molar-refractivity contribution in [2.45, 2.75) is 19.4 Å². The highest BCUT2D eigenvalue weighted by Gasteiger charge is 2.17. The van der Waals surface area contributed by atoms with Gasteiger partial charge in [0.25, 0.3) is 0 Å². The van der Waals surface area contributed by atoms with E-state index in [0.29, 0.717) is 22.5 Å². The molecule has 0 amide bonds. The standard InChI is InChI=1S/C14H16Cl2N2O/c15-13-2-1-12(7-14(13)16)9-18(10-17)8-11-3-5-19-6-4-11/h1-2,7,11H,3-6,8-9H2. The fourth-order valence-electron chi connectivity index (χ4n) is 2.24. The van der Waals surface area contributed by atoms with E-state index in [1.807, 2.05) is 12.1 Å². The molecule has 19 heavy (non-hydrogen) atoms. The lowest BCUT2D eigenvalue weighted by Gasteiger charge is -2.26. The summed E-state index contributed by atoms with van der Waals surface area (Å²) in [4.78, 5) is 1.77. The molecule has 1 heterocycles. The van der Waals surface area contributed by atoms with Crippen LogP contribution in [-0.2, 0) is 11.3 Å². The molecule has 0 aliphatic carbocycles. The first kappa shape index (κ1) is 14.5. The van der Waals surface area contributed by atoms with E-state index in [1.165, 1.54) is 0 Å². The van der Waals surface area contributed by atoms with Crippen LogP contribution in [0.3, 0.4) is 0 Å². The van der Waals surface area contributed by atoms with Crippen LogP contribution in [0.15, 0.2) is 18.2 Å². The van der Waals surface area contributed by atoms with Crippen LogP contribution in [0.25, 0.3) is 0 Å². The van der Waals surface area contributed by atoms with Crippen LogP contribution < -0.4 is 0 Å². The molecule has 1 aromatic carbocycles. The van der Waals surface area contributed by atoms with Crippen molar-refractivity contribution in [2.24, 2.45) is 5.92 Å². The van der Waals surface area contributed by atoms with Crippen LogP contribution >= 0.6 is 23.2 Å². The van der Waals surface area contributed by atoms with Crippen LogP contribution in [0, 0.1) is 17.4 Å². The first-order chi connectivity index (χ1) is 9.19. The number of nitrogens with zero attached hydrogens (tertiary/aromatic N) is 2. The Bertz CT molecular complexity index is 467. The third kappa shape index (κ3) is 4.28. The van der Waals surface area contributed by atoms with Gasteiger partial charge < -0.3 is 9.64 Å². The second kappa shape index (κ2) is 7.00. The minimum absolute atomic E-state index is 0.531. The summed E-state index contributed by atoms with van der Waals surface area (Å²) in [5, 5.41) is 10.3. The molecule has 1 saturated heterocycles. The van der Waals surface area contributed by atoms with E-state index in [4.69, 9.17) is 27.9 Å². The Labute approximate surface area is 123 Å². The number of rotatable bonds is 4. The van der Waals surface area contributed by atoms with Gasteiger partial charge in [-0.15, -0.1) is 0 Å². The molecule has 0 bridgehead atoms. The van der Waals surface area contributed by atoms with Crippen molar-refractivity contribution >= 4 is 23.2 Å². The summed E-state index contributed by atoms with van der Waals surface area (Å²) in [7, 11) is 0. The average molecular weight is 299 g/mol. The SMILES string of the molecule is N#CN(Cc1ccc(Cl)c(Cl)c1)CC1CCOCC1. The molecule has 1 aliphatic rings. The monoisotopic (exact) mass is 298 g/mol. The Balaban J connectivity index is 1.94. The zero-order chi connectivity index (χ0) is 13.7. The molecule has 0 aromatic heterocycles. The molecule has 0 spiro atoms. The molecular formula is C14H16Cl2N2O. The maximum absolute atomic E-state index is 9.23. The molecule has 0 atom stereocenters. The number of ether oxygens (including phenoxy) is 1. The summed E-state index contributed by atoms with van der Waals surface area (Å²) in [6, 6.07) is 5.49. The average Bonchev–Trinajstić information content (AvgIpc) is 2.43. The zero-order valence-electron chi connectivity index (χ0n) is 10.6. The lowest BCUT2D eigenvalue weighted by Crippen LogP contribution is -2.29. The van der Waals surface area contributed by atoms with Crippen LogP contribution in [0.2, 0.25) is 10.0 Å². The molecule has 2 rings (SSSR count). The Morgan fingerprint density at radius 1 is 1.26 bits per heavy atom. The van der Waals surface area contributed by atoms with Gasteiger partial charge in [0.05, 0.1) is 16.6 Å². The summed E-state index contributed by atoms with van der Waals surface area (Å²) in [6.45, 7) is 2.96. The molecule has 1 aliphatic heterocycles. The minimum Gasteiger partial charge on any atom is -0.381 e. The van der Waals surface area contributed by atoms with Crippen molar-refractivity contribution in [1.82, 2.24) is 4.90 Å². The van der Waals surface area contributed by atoms with Crippen molar-refractivity contribution in [3.05, 3.63) is 33.8 Å². The van der Waals surface area contributed by atoms with Crippen molar-refractivity contribution in [2.75, 3.05) is 19.8 Å². The molecule has 3 nitrogen and oxygen atoms in total. The smallest absolute Gasteiger partial charge is 0.179 e. The van der Waals surface area contributed by atoms with Gasteiger partial charge in [0.15, 0.2) is 6.19 Å². The highest BCUT2D eigenvalue weighted by molar-refractivity contribution is 6.42. The number of hydrogen-bond donors (Lipinski definition) is 0. The van der Waals surface area contributed by atoms with Gasteiger partial charge in [-0.25, -0.2) is 0 Å². The second-order valence-electron chi connectivity index (χ2n) is 4.78. The lowest BCUT2D eigenvalue weighted by molar-refractivity contribution is 0.0580. The fourth-order valence-corrected chi connectivity index (χ4v) is 2.56. The zero-order valence-corrected chi connectivity index (χ0v) is 12.1. The summed E-state index contributed by atoms with van der Waals surface area (Å²) >= 11 is 11.9. The predicted octanol–water partition coefficient (Wildman–Crippen LogP) is 3.70. The summed E-state index contributed by atoms with van der Waals surface area (Å²) in [5.74, 6) is 0.538. The van der Waals surface area contributed by atoms with Crippen LogP contribution in [0.5, 0.6) is 0 Å². The van der Waals surface area contributed by atoms with Crippen molar-refractivity contribution in [3.8, 4) is 6.19 Å². The number of hydrogen-bond acceptors (Lipinski definition) is 3. The summed E-state index contributed by atoms with van der Waals surface area (Å²) in [5.41, 5.74) is 1.00. The predicted molar refractivity (Wildman–Crippen MR) is 76.0 cm³/mol. The van der Waals surface area contributed by atoms with Gasteiger partial charge in [-0.2, -0.15) is 5.26 Å². The van der Waals surface area contributed by atoms with E-state index in [-0.39, 0.29) is 0 Å². The fraction of sp³-hybridized carbons (Fsp3) is 0.500. The minimum atomic E-state index is 0.531. The molecule has 0 saturated carbocycles. The maximum atomic E-state index is 9.23. The molecule has 0 radical (unpaired) electrons. The third-order valence-electron chi connectivity index (χ3n) is 3.32. The number of nitriles is 1. The van der Waals surface area contributed by atoms with E-state index in [2.05, 4.69) is 6.19 Å². The van der Waals surface area contributed by atoms with Crippen molar-refractivity contribution in [1.29, 1.82) is 5.26 Å². The Hall–Kier alpha value is -0.950. The van der Waals surface area contributed by atoms with E-state index in [0.717, 1.165) is 38.2 Å². The quantitative estimate of drug-likeness (QED) is 0.628. The molecule has 0 N–H and O–H groups in total. The van der Waals surface area contributed by atoms with Gasteiger partial charge in [0.2, 0.25) is 0 Å². The normalized spacial score (nSPS) is 16.1. The van der Waals surface area contributed by atoms with Gasteiger partial charge in [0, 0.05) is 19.8 Å². The van der Waals surface area contributed by atoms with Gasteiger partial charge in [-0.1, -0.05) is 29.3 Å². The van der Waals surface area contributed by atoms with Crippen LogP contribution in [-0.4, -0.2) is 24.7 Å². The highest BCUT2D eigenvalue weighted by Crippen LogP contribution is 2.24. The Morgan fingerprint density at radius 2 is 2.00 bits per heavy atom. The lowest BCUT2D eigenvalue weighted by atomic mass is 10.00. The molecule has 0 unspecified atom stereocenters. The van der Waals surface area contributed by atoms with Gasteiger partial charge >= 0.3 is 0 Å². The van der Waals surface area contributed by atoms with Gasteiger partial charge in [-0.3, -0.25) is 0 Å². The maximum Gasteiger partial charge on any atom is 0.179 e. The molecule has 102 valence electrons. The topological polar surface area (TPSA) is 36.3 Å². The number of halogens is 2. The molecule has 1 fully saturated rings.